The Morgan fingerprint density at radius 1 is 1.31 bits per heavy atom. The molecule has 1 aliphatic rings. The Morgan fingerprint density at radius 2 is 2.00 bits per heavy atom. The summed E-state index contributed by atoms with van der Waals surface area (Å²) in [6, 6.07) is 6.04. The number of halogens is 2. The van der Waals surface area contributed by atoms with Gasteiger partial charge in [-0.3, -0.25) is 0 Å². The summed E-state index contributed by atoms with van der Waals surface area (Å²) >= 11 is 0. The maximum absolute atomic E-state index is 12.8. The molecular weight excluding hydrogens is 338 g/mol. The van der Waals surface area contributed by atoms with Crippen molar-refractivity contribution in [1.82, 2.24) is 9.88 Å². The molecule has 1 fully saturated rings. The first kappa shape index (κ1) is 18.7. The number of nitrogens with zero attached hydrogens (tertiary/aromatic N) is 1. The van der Waals surface area contributed by atoms with Crippen LogP contribution in [0.5, 0.6) is 0 Å². The fourth-order valence-corrected chi connectivity index (χ4v) is 3.51. The van der Waals surface area contributed by atoms with Crippen LogP contribution < -0.4 is 0 Å². The van der Waals surface area contributed by atoms with Crippen LogP contribution in [-0.2, 0) is 11.2 Å². The SMILES string of the molecule is CC(C)(C)OC(=O)N1CCC(c2ccc3[nH]cc(CC(F)F)c3c2)CC1. The Morgan fingerprint density at radius 3 is 2.62 bits per heavy atom. The van der Waals surface area contributed by atoms with Crippen molar-refractivity contribution >= 4 is 17.0 Å². The summed E-state index contributed by atoms with van der Waals surface area (Å²) in [6.45, 7) is 6.88. The highest BCUT2D eigenvalue weighted by Gasteiger charge is 2.27. The van der Waals surface area contributed by atoms with Gasteiger partial charge in [-0.2, -0.15) is 0 Å². The third-order valence-electron chi connectivity index (χ3n) is 4.78. The zero-order valence-electron chi connectivity index (χ0n) is 15.5. The van der Waals surface area contributed by atoms with Crippen molar-refractivity contribution in [2.24, 2.45) is 0 Å². The van der Waals surface area contributed by atoms with Crippen molar-refractivity contribution in [3.63, 3.8) is 0 Å². The molecule has 0 spiro atoms. The van der Waals surface area contributed by atoms with Gasteiger partial charge in [0.05, 0.1) is 0 Å². The number of hydrogen-bond acceptors (Lipinski definition) is 2. The first-order valence-corrected chi connectivity index (χ1v) is 9.09. The Labute approximate surface area is 152 Å². The number of amides is 1. The van der Waals surface area contributed by atoms with E-state index < -0.39 is 12.0 Å². The minimum atomic E-state index is -2.35. The average molecular weight is 364 g/mol. The van der Waals surface area contributed by atoms with Crippen LogP contribution >= 0.6 is 0 Å². The number of likely N-dealkylation sites (tertiary alicyclic amines) is 1. The van der Waals surface area contributed by atoms with Gasteiger partial charge in [-0.25, -0.2) is 13.6 Å². The van der Waals surface area contributed by atoms with Crippen molar-refractivity contribution < 1.29 is 18.3 Å². The molecule has 26 heavy (non-hydrogen) atoms. The van der Waals surface area contributed by atoms with Crippen LogP contribution in [0, 0.1) is 0 Å². The minimum absolute atomic E-state index is 0.236. The number of carbonyl (C=O) groups is 1. The first-order valence-electron chi connectivity index (χ1n) is 9.09. The predicted molar refractivity (Wildman–Crippen MR) is 97.8 cm³/mol. The molecule has 0 bridgehead atoms. The fraction of sp³-hybridized carbons (Fsp3) is 0.550. The summed E-state index contributed by atoms with van der Waals surface area (Å²) in [7, 11) is 0. The lowest BCUT2D eigenvalue weighted by Crippen LogP contribution is -2.41. The largest absolute Gasteiger partial charge is 0.444 e. The van der Waals surface area contributed by atoms with Gasteiger partial charge < -0.3 is 14.6 Å². The molecule has 0 aliphatic carbocycles. The van der Waals surface area contributed by atoms with Crippen LogP contribution in [0.4, 0.5) is 13.6 Å². The van der Waals surface area contributed by atoms with Gasteiger partial charge in [0.2, 0.25) is 6.43 Å². The van der Waals surface area contributed by atoms with Gasteiger partial charge >= 0.3 is 6.09 Å². The normalized spacial score (nSPS) is 16.5. The van der Waals surface area contributed by atoms with E-state index in [9.17, 15) is 13.6 Å². The molecule has 1 aromatic heterocycles. The van der Waals surface area contributed by atoms with Crippen molar-refractivity contribution in [2.75, 3.05) is 13.1 Å². The number of fused-ring (bicyclic) bond motifs is 1. The standard InChI is InChI=1S/C20H26F2N2O2/c1-20(2,3)26-19(25)24-8-6-13(7-9-24)14-4-5-17-16(10-14)15(12-23-17)11-18(21)22/h4-5,10,12-13,18,23H,6-9,11H2,1-3H3. The van der Waals surface area contributed by atoms with Gasteiger partial charge in [0, 0.05) is 36.6 Å². The summed E-state index contributed by atoms with van der Waals surface area (Å²) in [4.78, 5) is 17.0. The number of hydrogen-bond donors (Lipinski definition) is 1. The molecular formula is C20H26F2N2O2. The number of aromatic nitrogens is 1. The van der Waals surface area contributed by atoms with Crippen LogP contribution in [-0.4, -0.2) is 41.1 Å². The number of rotatable bonds is 3. The molecule has 1 N–H and O–H groups in total. The molecule has 1 aromatic carbocycles. The lowest BCUT2D eigenvalue weighted by Gasteiger charge is -2.33. The topological polar surface area (TPSA) is 45.3 Å². The average Bonchev–Trinajstić information content (AvgIpc) is 2.95. The Balaban J connectivity index is 1.68. The van der Waals surface area contributed by atoms with Gasteiger partial charge in [-0.15, -0.1) is 0 Å². The molecule has 2 aromatic rings. The van der Waals surface area contributed by atoms with Crippen LogP contribution in [0.2, 0.25) is 0 Å². The predicted octanol–water partition coefficient (Wildman–Crippen LogP) is 5.09. The molecule has 0 unspecified atom stereocenters. The monoisotopic (exact) mass is 364 g/mol. The van der Waals surface area contributed by atoms with Gasteiger partial charge in [0.15, 0.2) is 0 Å². The van der Waals surface area contributed by atoms with E-state index >= 15 is 0 Å². The molecule has 1 aliphatic heterocycles. The molecule has 4 nitrogen and oxygen atoms in total. The van der Waals surface area contributed by atoms with E-state index in [1.54, 1.807) is 11.1 Å². The summed E-state index contributed by atoms with van der Waals surface area (Å²) in [6.07, 6.45) is 0.510. The van der Waals surface area contributed by atoms with Gasteiger partial charge in [-0.1, -0.05) is 6.07 Å². The second kappa shape index (κ2) is 7.25. The zero-order chi connectivity index (χ0) is 18.9. The third-order valence-corrected chi connectivity index (χ3v) is 4.78. The number of carbonyl (C=O) groups excluding carboxylic acids is 1. The van der Waals surface area contributed by atoms with E-state index in [2.05, 4.69) is 11.1 Å². The van der Waals surface area contributed by atoms with E-state index in [1.807, 2.05) is 32.9 Å². The number of aromatic amines is 1. The van der Waals surface area contributed by atoms with Gasteiger partial charge in [0.1, 0.15) is 5.60 Å². The minimum Gasteiger partial charge on any atom is -0.444 e. The molecule has 0 atom stereocenters. The van der Waals surface area contributed by atoms with Crippen molar-refractivity contribution in [3.8, 4) is 0 Å². The maximum atomic E-state index is 12.8. The molecule has 1 amide bonds. The highest BCUT2D eigenvalue weighted by atomic mass is 19.3. The summed E-state index contributed by atoms with van der Waals surface area (Å²) in [5.41, 5.74) is 2.20. The zero-order valence-corrected chi connectivity index (χ0v) is 15.5. The summed E-state index contributed by atoms with van der Waals surface area (Å²) < 4.78 is 30.9. The second-order valence-corrected chi connectivity index (χ2v) is 7.96. The smallest absolute Gasteiger partial charge is 0.410 e. The highest BCUT2D eigenvalue weighted by Crippen LogP contribution is 2.32. The molecule has 0 saturated carbocycles. The van der Waals surface area contributed by atoms with Gasteiger partial charge in [-0.05, 0) is 62.8 Å². The van der Waals surface area contributed by atoms with E-state index in [0.717, 1.165) is 29.3 Å². The fourth-order valence-electron chi connectivity index (χ4n) is 3.51. The molecule has 1 saturated heterocycles. The van der Waals surface area contributed by atoms with E-state index in [0.29, 0.717) is 24.6 Å². The maximum Gasteiger partial charge on any atom is 0.410 e. The molecule has 6 heteroatoms. The molecule has 3 rings (SSSR count). The Kier molecular flexibility index (Phi) is 5.21. The van der Waals surface area contributed by atoms with Crippen LogP contribution in [0.1, 0.15) is 50.7 Å². The molecule has 142 valence electrons. The van der Waals surface area contributed by atoms with Gasteiger partial charge in [0.25, 0.3) is 0 Å². The quantitative estimate of drug-likeness (QED) is 0.824. The van der Waals surface area contributed by atoms with Crippen molar-refractivity contribution in [1.29, 1.82) is 0 Å². The van der Waals surface area contributed by atoms with E-state index in [-0.39, 0.29) is 12.5 Å². The number of ether oxygens (including phenoxy) is 1. The van der Waals surface area contributed by atoms with Crippen molar-refractivity contribution in [2.45, 2.75) is 58.0 Å². The number of H-pyrrole nitrogens is 1. The first-order chi connectivity index (χ1) is 12.2. The molecule has 2 heterocycles. The van der Waals surface area contributed by atoms with Crippen LogP contribution in [0.25, 0.3) is 10.9 Å². The van der Waals surface area contributed by atoms with E-state index in [1.165, 1.54) is 0 Å². The second-order valence-electron chi connectivity index (χ2n) is 7.96. The molecule has 0 radical (unpaired) electrons. The van der Waals surface area contributed by atoms with E-state index in [4.69, 9.17) is 4.74 Å². The number of benzene rings is 1. The lowest BCUT2D eigenvalue weighted by atomic mass is 9.88. The lowest BCUT2D eigenvalue weighted by molar-refractivity contribution is 0.0205. The number of piperidine rings is 1. The van der Waals surface area contributed by atoms with Crippen molar-refractivity contribution in [3.05, 3.63) is 35.5 Å². The Hall–Kier alpha value is -2.11. The summed E-state index contributed by atoms with van der Waals surface area (Å²) in [5.74, 6) is 0.326. The van der Waals surface area contributed by atoms with Crippen LogP contribution in [0.15, 0.2) is 24.4 Å². The highest BCUT2D eigenvalue weighted by molar-refractivity contribution is 5.84. The Bertz CT molecular complexity index is 772. The summed E-state index contributed by atoms with van der Waals surface area (Å²) in [5, 5.41) is 0.873. The number of nitrogens with one attached hydrogen (secondary N) is 1. The number of alkyl halides is 2. The van der Waals surface area contributed by atoms with Crippen LogP contribution in [0.3, 0.4) is 0 Å². The third kappa shape index (κ3) is 4.34.